The zero-order valence-electron chi connectivity index (χ0n) is 15.5. The van der Waals surface area contributed by atoms with E-state index in [9.17, 15) is 4.39 Å². The average molecular weight is 485 g/mol. The minimum Gasteiger partial charge on any atom is -0.490 e. The number of hydrogen-bond donors (Lipinski definition) is 2. The minimum absolute atomic E-state index is 0. The SMILES string of the molecule is CN=C(NCc1ccc(C)c(F)c1)NCc1ccc2c(c1)OCCCO2.I. The maximum Gasteiger partial charge on any atom is 0.191 e. The van der Waals surface area contributed by atoms with Crippen LogP contribution >= 0.6 is 24.0 Å². The summed E-state index contributed by atoms with van der Waals surface area (Å²) in [6, 6.07) is 11.1. The number of rotatable bonds is 4. The quantitative estimate of drug-likeness (QED) is 0.394. The standard InChI is InChI=1S/C20H24FN3O2.HI/c1-14-4-5-15(10-17(14)21)12-23-20(22-2)24-13-16-6-7-18-19(11-16)26-9-3-8-25-18;/h4-7,10-11H,3,8-9,12-13H2,1-2H3,(H2,22,23,24);1H. The summed E-state index contributed by atoms with van der Waals surface area (Å²) >= 11 is 0. The predicted molar refractivity (Wildman–Crippen MR) is 116 cm³/mol. The molecule has 0 aliphatic carbocycles. The van der Waals surface area contributed by atoms with Gasteiger partial charge in [-0.25, -0.2) is 4.39 Å². The van der Waals surface area contributed by atoms with Crippen LogP contribution in [0.2, 0.25) is 0 Å². The molecule has 7 heteroatoms. The van der Waals surface area contributed by atoms with Crippen LogP contribution in [0.4, 0.5) is 4.39 Å². The van der Waals surface area contributed by atoms with E-state index < -0.39 is 0 Å². The summed E-state index contributed by atoms with van der Waals surface area (Å²) in [6.45, 7) is 4.19. The largest absolute Gasteiger partial charge is 0.490 e. The summed E-state index contributed by atoms with van der Waals surface area (Å²) < 4.78 is 25.0. The fourth-order valence-electron chi connectivity index (χ4n) is 2.66. The van der Waals surface area contributed by atoms with Gasteiger partial charge in [0.05, 0.1) is 13.2 Å². The van der Waals surface area contributed by atoms with Gasteiger partial charge in [0.25, 0.3) is 0 Å². The molecule has 2 aromatic carbocycles. The molecule has 0 unspecified atom stereocenters. The van der Waals surface area contributed by atoms with Crippen LogP contribution in [-0.2, 0) is 13.1 Å². The molecule has 0 saturated heterocycles. The van der Waals surface area contributed by atoms with E-state index in [1.54, 1.807) is 26.1 Å². The van der Waals surface area contributed by atoms with E-state index in [1.165, 1.54) is 0 Å². The number of hydrogen-bond acceptors (Lipinski definition) is 3. The third kappa shape index (κ3) is 5.98. The summed E-state index contributed by atoms with van der Waals surface area (Å²) in [4.78, 5) is 4.21. The molecule has 0 atom stereocenters. The van der Waals surface area contributed by atoms with Crippen molar-refractivity contribution in [3.05, 3.63) is 58.9 Å². The molecule has 0 fully saturated rings. The van der Waals surface area contributed by atoms with E-state index in [0.29, 0.717) is 37.8 Å². The van der Waals surface area contributed by atoms with Crippen molar-refractivity contribution in [1.82, 2.24) is 10.6 Å². The van der Waals surface area contributed by atoms with Crippen molar-refractivity contribution in [1.29, 1.82) is 0 Å². The van der Waals surface area contributed by atoms with Gasteiger partial charge in [-0.3, -0.25) is 4.99 Å². The molecule has 3 rings (SSSR count). The van der Waals surface area contributed by atoms with Crippen molar-refractivity contribution in [2.24, 2.45) is 4.99 Å². The lowest BCUT2D eigenvalue weighted by atomic mass is 10.1. The van der Waals surface area contributed by atoms with Gasteiger partial charge in [0.15, 0.2) is 17.5 Å². The Morgan fingerprint density at radius 1 is 1.00 bits per heavy atom. The number of aliphatic imine (C=N–C) groups is 1. The highest BCUT2D eigenvalue weighted by molar-refractivity contribution is 14.0. The molecule has 0 aromatic heterocycles. The molecule has 0 amide bonds. The molecule has 2 aromatic rings. The molecule has 0 bridgehead atoms. The maximum absolute atomic E-state index is 13.6. The van der Waals surface area contributed by atoms with Gasteiger partial charge < -0.3 is 20.1 Å². The van der Waals surface area contributed by atoms with E-state index in [1.807, 2.05) is 24.3 Å². The van der Waals surface area contributed by atoms with Gasteiger partial charge >= 0.3 is 0 Å². The van der Waals surface area contributed by atoms with Crippen LogP contribution in [0, 0.1) is 12.7 Å². The molecule has 27 heavy (non-hydrogen) atoms. The summed E-state index contributed by atoms with van der Waals surface area (Å²) in [7, 11) is 1.71. The molecule has 1 heterocycles. The first-order chi connectivity index (χ1) is 12.7. The van der Waals surface area contributed by atoms with Crippen molar-refractivity contribution < 1.29 is 13.9 Å². The fourth-order valence-corrected chi connectivity index (χ4v) is 2.66. The monoisotopic (exact) mass is 485 g/mol. The number of benzene rings is 2. The van der Waals surface area contributed by atoms with Gasteiger partial charge in [-0.2, -0.15) is 0 Å². The highest BCUT2D eigenvalue weighted by Crippen LogP contribution is 2.30. The molecule has 0 saturated carbocycles. The van der Waals surface area contributed by atoms with Crippen LogP contribution in [-0.4, -0.2) is 26.2 Å². The number of aryl methyl sites for hydroxylation is 1. The van der Waals surface area contributed by atoms with E-state index in [4.69, 9.17) is 9.47 Å². The van der Waals surface area contributed by atoms with E-state index in [2.05, 4.69) is 15.6 Å². The third-order valence-corrected chi connectivity index (χ3v) is 4.19. The van der Waals surface area contributed by atoms with Crippen molar-refractivity contribution >= 4 is 29.9 Å². The van der Waals surface area contributed by atoms with E-state index in [-0.39, 0.29) is 29.8 Å². The predicted octanol–water partition coefficient (Wildman–Crippen LogP) is 3.78. The Morgan fingerprint density at radius 3 is 2.30 bits per heavy atom. The number of ether oxygens (including phenoxy) is 2. The number of fused-ring (bicyclic) bond motifs is 1. The second-order valence-electron chi connectivity index (χ2n) is 6.19. The maximum atomic E-state index is 13.6. The van der Waals surface area contributed by atoms with Crippen LogP contribution in [0.5, 0.6) is 11.5 Å². The number of guanidine groups is 1. The minimum atomic E-state index is -0.195. The zero-order chi connectivity index (χ0) is 18.4. The van der Waals surface area contributed by atoms with Crippen molar-refractivity contribution in [3.63, 3.8) is 0 Å². The first kappa shape index (κ1) is 21.3. The Bertz CT molecular complexity index is 799. The second-order valence-corrected chi connectivity index (χ2v) is 6.19. The first-order valence-corrected chi connectivity index (χ1v) is 8.74. The van der Waals surface area contributed by atoms with Crippen LogP contribution in [0.3, 0.4) is 0 Å². The van der Waals surface area contributed by atoms with Gasteiger partial charge in [-0.15, -0.1) is 24.0 Å². The molecule has 1 aliphatic heterocycles. The Kier molecular flexibility index (Phi) is 8.15. The normalized spacial score (nSPS) is 13.4. The Morgan fingerprint density at radius 2 is 1.63 bits per heavy atom. The van der Waals surface area contributed by atoms with Crippen molar-refractivity contribution in [3.8, 4) is 11.5 Å². The van der Waals surface area contributed by atoms with Crippen LogP contribution in [0.1, 0.15) is 23.1 Å². The molecule has 146 valence electrons. The summed E-state index contributed by atoms with van der Waals surface area (Å²) in [5, 5.41) is 6.44. The lowest BCUT2D eigenvalue weighted by molar-refractivity contribution is 0.297. The van der Waals surface area contributed by atoms with Gasteiger partial charge in [0, 0.05) is 26.6 Å². The van der Waals surface area contributed by atoms with Crippen molar-refractivity contribution in [2.45, 2.75) is 26.4 Å². The summed E-state index contributed by atoms with van der Waals surface area (Å²) in [5.41, 5.74) is 2.58. The average Bonchev–Trinajstić information content (AvgIpc) is 2.89. The van der Waals surface area contributed by atoms with Crippen LogP contribution in [0.25, 0.3) is 0 Å². The molecular formula is C20H25FIN3O2. The van der Waals surface area contributed by atoms with E-state index >= 15 is 0 Å². The molecule has 2 N–H and O–H groups in total. The first-order valence-electron chi connectivity index (χ1n) is 8.74. The molecule has 1 aliphatic rings. The van der Waals surface area contributed by atoms with E-state index in [0.717, 1.165) is 29.0 Å². The molecule has 0 spiro atoms. The molecule has 0 radical (unpaired) electrons. The Labute approximate surface area is 176 Å². The van der Waals surface area contributed by atoms with Crippen molar-refractivity contribution in [2.75, 3.05) is 20.3 Å². The van der Waals surface area contributed by atoms with Crippen LogP contribution < -0.4 is 20.1 Å². The molecule has 5 nitrogen and oxygen atoms in total. The fraction of sp³-hybridized carbons (Fsp3) is 0.350. The van der Waals surface area contributed by atoms with Crippen LogP contribution in [0.15, 0.2) is 41.4 Å². The lowest BCUT2D eigenvalue weighted by Gasteiger charge is -2.14. The topological polar surface area (TPSA) is 54.9 Å². The molecular weight excluding hydrogens is 460 g/mol. The second kappa shape index (κ2) is 10.3. The van der Waals surface area contributed by atoms with Gasteiger partial charge in [0.1, 0.15) is 5.82 Å². The number of nitrogens with one attached hydrogen (secondary N) is 2. The van der Waals surface area contributed by atoms with Gasteiger partial charge in [0.2, 0.25) is 0 Å². The number of halogens is 2. The lowest BCUT2D eigenvalue weighted by Crippen LogP contribution is -2.36. The van der Waals surface area contributed by atoms with Gasteiger partial charge in [-0.1, -0.05) is 18.2 Å². The number of nitrogens with zero attached hydrogens (tertiary/aromatic N) is 1. The smallest absolute Gasteiger partial charge is 0.191 e. The third-order valence-electron chi connectivity index (χ3n) is 4.19. The Balaban J connectivity index is 0.00000261. The summed E-state index contributed by atoms with van der Waals surface area (Å²) in [6.07, 6.45) is 0.887. The summed E-state index contributed by atoms with van der Waals surface area (Å²) in [5.74, 6) is 2.02. The zero-order valence-corrected chi connectivity index (χ0v) is 17.9. The Hall–Kier alpha value is -2.03. The van der Waals surface area contributed by atoms with Gasteiger partial charge in [-0.05, 0) is 41.8 Å². The highest BCUT2D eigenvalue weighted by atomic mass is 127. The highest BCUT2D eigenvalue weighted by Gasteiger charge is 2.11.